The van der Waals surface area contributed by atoms with E-state index >= 15 is 0 Å². The quantitative estimate of drug-likeness (QED) is 0.901. The minimum Gasteiger partial charge on any atom is -0.330 e. The third kappa shape index (κ3) is 3.79. The lowest BCUT2D eigenvalue weighted by atomic mass is 9.93. The lowest BCUT2D eigenvalue weighted by Gasteiger charge is -2.32. The molecular weight excluding hydrogens is 234 g/mol. The Hall–Kier alpha value is -1.37. The molecule has 3 heteroatoms. The predicted octanol–water partition coefficient (Wildman–Crippen LogP) is 2.43. The van der Waals surface area contributed by atoms with E-state index in [1.165, 1.54) is 43.5 Å². The van der Waals surface area contributed by atoms with Crippen LogP contribution in [0, 0.1) is 24.2 Å². The van der Waals surface area contributed by atoms with Crippen LogP contribution in [0.15, 0.2) is 18.2 Å². The van der Waals surface area contributed by atoms with Crippen molar-refractivity contribution in [2.24, 2.45) is 11.7 Å². The van der Waals surface area contributed by atoms with E-state index in [-0.39, 0.29) is 0 Å². The van der Waals surface area contributed by atoms with Crippen molar-refractivity contribution in [1.29, 1.82) is 5.26 Å². The van der Waals surface area contributed by atoms with E-state index in [9.17, 15) is 0 Å². The Bertz CT molecular complexity index is 454. The van der Waals surface area contributed by atoms with Gasteiger partial charge in [-0.2, -0.15) is 5.26 Å². The van der Waals surface area contributed by atoms with Gasteiger partial charge in [-0.25, -0.2) is 0 Å². The van der Waals surface area contributed by atoms with Gasteiger partial charge in [0.1, 0.15) is 0 Å². The molecule has 1 aliphatic heterocycles. The molecule has 19 heavy (non-hydrogen) atoms. The van der Waals surface area contributed by atoms with Crippen molar-refractivity contribution >= 4 is 0 Å². The maximum Gasteiger partial charge on any atom is 0.0991 e. The summed E-state index contributed by atoms with van der Waals surface area (Å²) in [7, 11) is 0. The van der Waals surface area contributed by atoms with Crippen molar-refractivity contribution in [3.8, 4) is 6.07 Å². The SMILES string of the molecule is Cc1cc(C#N)ccc1CN1CCC(CCN)CC1. The average Bonchev–Trinajstić information content (AvgIpc) is 2.43. The van der Waals surface area contributed by atoms with Gasteiger partial charge >= 0.3 is 0 Å². The fourth-order valence-electron chi connectivity index (χ4n) is 2.85. The highest BCUT2D eigenvalue weighted by molar-refractivity contribution is 5.37. The van der Waals surface area contributed by atoms with Crippen LogP contribution in [0.25, 0.3) is 0 Å². The van der Waals surface area contributed by atoms with E-state index in [0.29, 0.717) is 0 Å². The number of likely N-dealkylation sites (tertiary alicyclic amines) is 1. The molecule has 0 spiro atoms. The summed E-state index contributed by atoms with van der Waals surface area (Å²) in [4.78, 5) is 2.52. The fourth-order valence-corrected chi connectivity index (χ4v) is 2.85. The Morgan fingerprint density at radius 1 is 1.37 bits per heavy atom. The van der Waals surface area contributed by atoms with Crippen LogP contribution in [-0.2, 0) is 6.54 Å². The Morgan fingerprint density at radius 2 is 2.11 bits per heavy atom. The number of nitrogens with two attached hydrogens (primary N) is 1. The van der Waals surface area contributed by atoms with Gasteiger partial charge in [-0.3, -0.25) is 4.90 Å². The molecule has 0 aliphatic carbocycles. The monoisotopic (exact) mass is 257 g/mol. The van der Waals surface area contributed by atoms with Crippen molar-refractivity contribution in [1.82, 2.24) is 4.90 Å². The number of piperidine rings is 1. The standard InChI is InChI=1S/C16H23N3/c1-13-10-15(11-18)2-3-16(13)12-19-8-5-14(4-7-17)6-9-19/h2-3,10,14H,4-9,12,17H2,1H3. The predicted molar refractivity (Wildman–Crippen MR) is 77.6 cm³/mol. The fraction of sp³-hybridized carbons (Fsp3) is 0.562. The van der Waals surface area contributed by atoms with Crippen LogP contribution in [0.3, 0.4) is 0 Å². The molecule has 3 nitrogen and oxygen atoms in total. The first kappa shape index (κ1) is 14.0. The zero-order valence-corrected chi connectivity index (χ0v) is 11.7. The molecule has 0 aromatic heterocycles. The molecule has 0 saturated carbocycles. The van der Waals surface area contributed by atoms with Crippen LogP contribution in [0.1, 0.15) is 36.0 Å². The van der Waals surface area contributed by atoms with Crippen molar-refractivity contribution < 1.29 is 0 Å². The largest absolute Gasteiger partial charge is 0.330 e. The van der Waals surface area contributed by atoms with E-state index in [0.717, 1.165) is 24.6 Å². The Balaban J connectivity index is 1.91. The minimum atomic E-state index is 0.753. The Kier molecular flexibility index (Phi) is 4.95. The first-order valence-electron chi connectivity index (χ1n) is 7.15. The van der Waals surface area contributed by atoms with Crippen molar-refractivity contribution in [2.45, 2.75) is 32.7 Å². The minimum absolute atomic E-state index is 0.753. The number of nitrogens with zero attached hydrogens (tertiary/aromatic N) is 2. The summed E-state index contributed by atoms with van der Waals surface area (Å²) in [5.74, 6) is 0.823. The molecule has 2 N–H and O–H groups in total. The second-order valence-corrected chi connectivity index (χ2v) is 5.55. The number of benzene rings is 1. The summed E-state index contributed by atoms with van der Waals surface area (Å²) in [5, 5.41) is 8.88. The number of nitriles is 1. The second-order valence-electron chi connectivity index (χ2n) is 5.55. The molecule has 0 atom stereocenters. The molecule has 1 saturated heterocycles. The molecule has 1 fully saturated rings. The zero-order chi connectivity index (χ0) is 13.7. The lowest BCUT2D eigenvalue weighted by molar-refractivity contribution is 0.173. The molecule has 2 rings (SSSR count). The van der Waals surface area contributed by atoms with Gasteiger partial charge in [-0.1, -0.05) is 6.07 Å². The van der Waals surface area contributed by atoms with Gasteiger partial charge in [0, 0.05) is 6.54 Å². The molecule has 1 aliphatic rings. The van der Waals surface area contributed by atoms with Crippen molar-refractivity contribution in [2.75, 3.05) is 19.6 Å². The van der Waals surface area contributed by atoms with Gasteiger partial charge in [0.25, 0.3) is 0 Å². The van der Waals surface area contributed by atoms with Gasteiger partial charge in [0.05, 0.1) is 11.6 Å². The van der Waals surface area contributed by atoms with Crippen LogP contribution < -0.4 is 5.73 Å². The average molecular weight is 257 g/mol. The summed E-state index contributed by atoms with van der Waals surface area (Å²) in [5.41, 5.74) is 8.95. The van der Waals surface area contributed by atoms with Crippen LogP contribution in [0.2, 0.25) is 0 Å². The van der Waals surface area contributed by atoms with Crippen molar-refractivity contribution in [3.05, 3.63) is 34.9 Å². The molecule has 1 aromatic carbocycles. The lowest BCUT2D eigenvalue weighted by Crippen LogP contribution is -2.34. The molecule has 1 aromatic rings. The first-order valence-corrected chi connectivity index (χ1v) is 7.15. The topological polar surface area (TPSA) is 53.0 Å². The van der Waals surface area contributed by atoms with Crippen LogP contribution in [-0.4, -0.2) is 24.5 Å². The van der Waals surface area contributed by atoms with Gasteiger partial charge < -0.3 is 5.73 Å². The summed E-state index contributed by atoms with van der Waals surface area (Å²) in [6.45, 7) is 6.26. The van der Waals surface area contributed by atoms with Crippen LogP contribution in [0.4, 0.5) is 0 Å². The third-order valence-corrected chi connectivity index (χ3v) is 4.15. The number of aryl methyl sites for hydroxylation is 1. The van der Waals surface area contributed by atoms with E-state index in [4.69, 9.17) is 11.0 Å². The third-order valence-electron chi connectivity index (χ3n) is 4.15. The Labute approximate surface area is 116 Å². The van der Waals surface area contributed by atoms with Gasteiger partial charge in [-0.05, 0) is 75.0 Å². The normalized spacial score (nSPS) is 17.3. The van der Waals surface area contributed by atoms with Gasteiger partial charge in [-0.15, -0.1) is 0 Å². The van der Waals surface area contributed by atoms with Gasteiger partial charge in [0.15, 0.2) is 0 Å². The zero-order valence-electron chi connectivity index (χ0n) is 11.7. The highest BCUT2D eigenvalue weighted by atomic mass is 15.1. The van der Waals surface area contributed by atoms with E-state index in [1.807, 2.05) is 12.1 Å². The molecule has 0 amide bonds. The second kappa shape index (κ2) is 6.70. The number of rotatable bonds is 4. The molecule has 0 unspecified atom stereocenters. The highest BCUT2D eigenvalue weighted by Crippen LogP contribution is 2.22. The Morgan fingerprint density at radius 3 is 2.68 bits per heavy atom. The highest BCUT2D eigenvalue weighted by Gasteiger charge is 2.18. The molecular formula is C16H23N3. The summed E-state index contributed by atoms with van der Waals surface area (Å²) in [6, 6.07) is 8.19. The summed E-state index contributed by atoms with van der Waals surface area (Å²) < 4.78 is 0. The maximum atomic E-state index is 8.88. The smallest absolute Gasteiger partial charge is 0.0991 e. The molecule has 0 bridgehead atoms. The van der Waals surface area contributed by atoms with Crippen LogP contribution >= 0.6 is 0 Å². The number of hydrogen-bond acceptors (Lipinski definition) is 3. The molecule has 0 radical (unpaired) electrons. The van der Waals surface area contributed by atoms with Crippen LogP contribution in [0.5, 0.6) is 0 Å². The molecule has 1 heterocycles. The maximum absolute atomic E-state index is 8.88. The summed E-state index contributed by atoms with van der Waals surface area (Å²) >= 11 is 0. The molecule has 102 valence electrons. The van der Waals surface area contributed by atoms with E-state index < -0.39 is 0 Å². The number of hydrogen-bond donors (Lipinski definition) is 1. The van der Waals surface area contributed by atoms with Gasteiger partial charge in [0.2, 0.25) is 0 Å². The van der Waals surface area contributed by atoms with E-state index in [1.54, 1.807) is 0 Å². The van der Waals surface area contributed by atoms with E-state index in [2.05, 4.69) is 24.0 Å². The first-order chi connectivity index (χ1) is 9.22. The summed E-state index contributed by atoms with van der Waals surface area (Å²) in [6.07, 6.45) is 3.71. The van der Waals surface area contributed by atoms with Crippen molar-refractivity contribution in [3.63, 3.8) is 0 Å².